The summed E-state index contributed by atoms with van der Waals surface area (Å²) in [6.45, 7) is 1.51. The monoisotopic (exact) mass is 210 g/mol. The molecule has 0 saturated heterocycles. The van der Waals surface area contributed by atoms with E-state index in [0.717, 1.165) is 51.7 Å². The number of rotatable bonds is 10. The third-order valence-corrected chi connectivity index (χ3v) is 1.91. The lowest BCUT2D eigenvalue weighted by atomic mass is 10.2. The molecule has 0 aliphatic carbocycles. The number of hydrogen-bond donors (Lipinski definition) is 0. The van der Waals surface area contributed by atoms with Crippen LogP contribution in [0.25, 0.3) is 11.1 Å². The van der Waals surface area contributed by atoms with E-state index in [1.165, 1.54) is 12.4 Å². The summed E-state index contributed by atoms with van der Waals surface area (Å²) in [5.74, 6) is 0. The van der Waals surface area contributed by atoms with Gasteiger partial charge in [-0.05, 0) is 25.7 Å². The molecule has 0 aromatic rings. The van der Waals surface area contributed by atoms with Crippen molar-refractivity contribution in [2.45, 2.75) is 38.5 Å². The summed E-state index contributed by atoms with van der Waals surface area (Å²) < 4.78 is 5.38. The number of ether oxygens (including phenoxy) is 1. The molecule has 0 atom stereocenters. The second-order valence-corrected chi connectivity index (χ2v) is 3.20. The Hall–Kier alpha value is -1.28. The largest absolute Gasteiger partial charge is 0.381 e. The van der Waals surface area contributed by atoms with Gasteiger partial charge in [0.2, 0.25) is 0 Å². The normalized spacial score (nSPS) is 9.07. The summed E-state index contributed by atoms with van der Waals surface area (Å²) in [4.78, 5) is 5.83. The van der Waals surface area contributed by atoms with Crippen LogP contribution in [-0.4, -0.2) is 35.2 Å². The molecule has 0 aromatic heterocycles. The van der Waals surface area contributed by atoms with Gasteiger partial charge in [-0.25, -0.2) is 0 Å². The minimum absolute atomic E-state index is 0.757. The van der Waals surface area contributed by atoms with Crippen LogP contribution in [0.1, 0.15) is 38.5 Å². The van der Waals surface area contributed by atoms with Gasteiger partial charge in [0.15, 0.2) is 0 Å². The molecular weight excluding hydrogens is 192 g/mol. The predicted octanol–water partition coefficient (Wildman–Crippen LogP) is 1.94. The fraction of sp³-hybridized carbons (Fsp3) is 0.800. The van der Waals surface area contributed by atoms with Crippen LogP contribution in [0.4, 0.5) is 0 Å². The van der Waals surface area contributed by atoms with Gasteiger partial charge in [-0.1, -0.05) is 0 Å². The van der Waals surface area contributed by atoms with Gasteiger partial charge in [0.25, 0.3) is 12.4 Å². The molecule has 0 aliphatic heterocycles. The van der Waals surface area contributed by atoms with Crippen molar-refractivity contribution >= 4 is 12.4 Å². The van der Waals surface area contributed by atoms with E-state index in [0.29, 0.717) is 0 Å². The van der Waals surface area contributed by atoms with Crippen molar-refractivity contribution in [3.8, 4) is 0 Å². The highest BCUT2D eigenvalue weighted by Gasteiger charge is 1.92. The minimum Gasteiger partial charge on any atom is -0.381 e. The van der Waals surface area contributed by atoms with Crippen molar-refractivity contribution in [3.63, 3.8) is 0 Å². The van der Waals surface area contributed by atoms with Crippen LogP contribution in [0.15, 0.2) is 0 Å². The highest BCUT2D eigenvalue weighted by molar-refractivity contribution is 5.49. The summed E-state index contributed by atoms with van der Waals surface area (Å²) in [5.41, 5.74) is 16.2. The number of nitrogens with zero attached hydrogens (tertiary/aromatic N) is 4. The van der Waals surface area contributed by atoms with Gasteiger partial charge in [-0.15, -0.1) is 0 Å². The lowest BCUT2D eigenvalue weighted by molar-refractivity contribution is 0.000343. The summed E-state index contributed by atoms with van der Waals surface area (Å²) >= 11 is 0. The Kier molecular flexibility index (Phi) is 11.6. The van der Waals surface area contributed by atoms with Gasteiger partial charge in [0.05, 0.1) is 0 Å². The fourth-order valence-corrected chi connectivity index (χ4v) is 1.10. The molecule has 0 rings (SSSR count). The zero-order valence-corrected chi connectivity index (χ0v) is 9.01. The van der Waals surface area contributed by atoms with Crippen LogP contribution in [0.2, 0.25) is 0 Å². The Morgan fingerprint density at radius 2 is 1.27 bits per heavy atom. The summed E-state index contributed by atoms with van der Waals surface area (Å²) in [5, 5.41) is 0. The molecule has 0 heterocycles. The predicted molar refractivity (Wildman–Crippen MR) is 57.9 cm³/mol. The molecule has 0 N–H and O–H groups in total. The molecule has 84 valence electrons. The zero-order chi connectivity index (χ0) is 11.2. The van der Waals surface area contributed by atoms with Gasteiger partial charge in [0.1, 0.15) is 0 Å². The average Bonchev–Trinajstić information content (AvgIpc) is 2.26. The molecule has 0 radical (unpaired) electrons. The van der Waals surface area contributed by atoms with Crippen molar-refractivity contribution in [2.75, 3.05) is 13.2 Å². The van der Waals surface area contributed by atoms with E-state index < -0.39 is 0 Å². The van der Waals surface area contributed by atoms with Crippen molar-refractivity contribution in [1.29, 1.82) is 0 Å². The molecule has 0 bridgehead atoms. The Bertz CT molecular complexity index is 206. The number of unbranched alkanes of at least 4 members (excludes halogenated alkanes) is 4. The summed E-state index contributed by atoms with van der Waals surface area (Å²) in [7, 11) is 0. The molecule has 0 amide bonds. The number of hydrogen-bond acceptors (Lipinski definition) is 1. The fourth-order valence-electron chi connectivity index (χ4n) is 1.10. The standard InChI is InChI=1S/C10H18N4O/c11-13-7-3-1-5-9-15-10-6-2-4-8-14-12/h7-8H,1-6,9-10H2. The van der Waals surface area contributed by atoms with E-state index in [2.05, 4.69) is 9.58 Å². The lowest BCUT2D eigenvalue weighted by Crippen LogP contribution is -1.97. The Labute approximate surface area is 90.3 Å². The third kappa shape index (κ3) is 12.7. The van der Waals surface area contributed by atoms with E-state index in [1.54, 1.807) is 0 Å². The SMILES string of the molecule is [N-]=[N+]=CCCCCOCCCCC=[N+]=[N-]. The van der Waals surface area contributed by atoms with Crippen LogP contribution in [0.3, 0.4) is 0 Å². The first-order valence-electron chi connectivity index (χ1n) is 5.31. The molecule has 0 fully saturated rings. The maximum Gasteiger partial charge on any atom is 0.257 e. The average molecular weight is 210 g/mol. The van der Waals surface area contributed by atoms with Gasteiger partial charge < -0.3 is 15.8 Å². The van der Waals surface area contributed by atoms with Crippen LogP contribution in [0.5, 0.6) is 0 Å². The molecular formula is C10H18N4O. The highest BCUT2D eigenvalue weighted by atomic mass is 16.5. The topological polar surface area (TPSA) is 82.0 Å². The molecule has 0 aromatic carbocycles. The van der Waals surface area contributed by atoms with E-state index in [1.807, 2.05) is 0 Å². The Balaban J connectivity index is 2.98. The smallest absolute Gasteiger partial charge is 0.257 e. The zero-order valence-electron chi connectivity index (χ0n) is 9.01. The van der Waals surface area contributed by atoms with E-state index in [4.69, 9.17) is 15.8 Å². The molecule has 0 aliphatic rings. The minimum atomic E-state index is 0.757. The van der Waals surface area contributed by atoms with Crippen molar-refractivity contribution in [2.24, 2.45) is 0 Å². The molecule has 5 nitrogen and oxygen atoms in total. The lowest BCUT2D eigenvalue weighted by Gasteiger charge is -2.01. The first kappa shape index (κ1) is 13.7. The van der Waals surface area contributed by atoms with Crippen molar-refractivity contribution < 1.29 is 14.3 Å². The van der Waals surface area contributed by atoms with Gasteiger partial charge >= 0.3 is 0 Å². The molecule has 15 heavy (non-hydrogen) atoms. The third-order valence-electron chi connectivity index (χ3n) is 1.91. The van der Waals surface area contributed by atoms with Crippen LogP contribution >= 0.6 is 0 Å². The maximum atomic E-state index is 8.12. The molecule has 0 unspecified atom stereocenters. The maximum absolute atomic E-state index is 8.12. The molecule has 0 spiro atoms. The second kappa shape index (κ2) is 12.7. The first-order chi connectivity index (χ1) is 7.41. The van der Waals surface area contributed by atoms with E-state index in [-0.39, 0.29) is 0 Å². The van der Waals surface area contributed by atoms with Crippen LogP contribution < -0.4 is 0 Å². The van der Waals surface area contributed by atoms with Crippen molar-refractivity contribution in [1.82, 2.24) is 0 Å². The second-order valence-electron chi connectivity index (χ2n) is 3.20. The summed E-state index contributed by atoms with van der Waals surface area (Å²) in [6, 6.07) is 0. The van der Waals surface area contributed by atoms with Crippen molar-refractivity contribution in [3.05, 3.63) is 11.1 Å². The first-order valence-corrected chi connectivity index (χ1v) is 5.31. The summed E-state index contributed by atoms with van der Waals surface area (Å²) in [6.07, 6.45) is 8.54. The highest BCUT2D eigenvalue weighted by Crippen LogP contribution is 1.96. The Morgan fingerprint density at radius 3 is 1.67 bits per heavy atom. The van der Waals surface area contributed by atoms with E-state index in [9.17, 15) is 0 Å². The molecule has 5 heteroatoms. The van der Waals surface area contributed by atoms with Gasteiger partial charge in [0, 0.05) is 26.1 Å². The van der Waals surface area contributed by atoms with E-state index >= 15 is 0 Å². The van der Waals surface area contributed by atoms with Gasteiger partial charge in [-0.3, -0.25) is 0 Å². The van der Waals surface area contributed by atoms with Crippen LogP contribution in [0, 0.1) is 0 Å². The Morgan fingerprint density at radius 1 is 0.800 bits per heavy atom. The van der Waals surface area contributed by atoms with Crippen LogP contribution in [-0.2, 0) is 4.74 Å². The van der Waals surface area contributed by atoms with Gasteiger partial charge in [-0.2, -0.15) is 9.58 Å². The molecule has 0 saturated carbocycles. The quantitative estimate of drug-likeness (QED) is 0.235.